The topological polar surface area (TPSA) is 43.6 Å². The molecule has 0 aliphatic rings. The second-order valence-corrected chi connectivity index (χ2v) is 5.12. The summed E-state index contributed by atoms with van der Waals surface area (Å²) in [6.45, 7) is 0.726. The van der Waals surface area contributed by atoms with Crippen molar-refractivity contribution < 1.29 is 13.2 Å². The van der Waals surface area contributed by atoms with Crippen LogP contribution < -0.4 is 0 Å². The van der Waals surface area contributed by atoms with Crippen LogP contribution in [0, 0.1) is 0 Å². The lowest BCUT2D eigenvalue weighted by molar-refractivity contribution is -0.149. The van der Waals surface area contributed by atoms with Gasteiger partial charge in [0.1, 0.15) is 16.6 Å². The SMILES string of the molecule is Cn1cnnc1C(F)(F)C(C)(F)c1cc(Cl)nc(Cl)c1. The number of rotatable bonds is 3. The predicted octanol–water partition coefficient (Wildman–Crippen LogP) is 3.49. The van der Waals surface area contributed by atoms with E-state index in [1.54, 1.807) is 0 Å². The molecule has 2 aromatic heterocycles. The molecule has 2 rings (SSSR count). The fourth-order valence-electron chi connectivity index (χ4n) is 1.69. The van der Waals surface area contributed by atoms with Gasteiger partial charge >= 0.3 is 5.92 Å². The Balaban J connectivity index is 2.56. The molecular formula is C11H9Cl2F3N4. The molecule has 20 heavy (non-hydrogen) atoms. The maximum Gasteiger partial charge on any atom is 0.343 e. The van der Waals surface area contributed by atoms with Crippen LogP contribution >= 0.6 is 23.2 Å². The molecule has 0 spiro atoms. The Hall–Kier alpha value is -1.34. The zero-order valence-electron chi connectivity index (χ0n) is 10.4. The lowest BCUT2D eigenvalue weighted by atomic mass is 9.91. The summed E-state index contributed by atoms with van der Waals surface area (Å²) in [6, 6.07) is 2.00. The molecule has 0 bridgehead atoms. The largest absolute Gasteiger partial charge is 0.343 e. The molecule has 9 heteroatoms. The van der Waals surface area contributed by atoms with Gasteiger partial charge in [-0.05, 0) is 19.1 Å². The van der Waals surface area contributed by atoms with Gasteiger partial charge in [0, 0.05) is 12.6 Å². The van der Waals surface area contributed by atoms with E-state index in [2.05, 4.69) is 15.2 Å². The molecule has 0 aromatic carbocycles. The van der Waals surface area contributed by atoms with Crippen molar-refractivity contribution in [1.29, 1.82) is 0 Å². The van der Waals surface area contributed by atoms with Gasteiger partial charge in [0.15, 0.2) is 0 Å². The zero-order valence-corrected chi connectivity index (χ0v) is 11.9. The monoisotopic (exact) mass is 324 g/mol. The van der Waals surface area contributed by atoms with Crippen molar-refractivity contribution in [2.24, 2.45) is 7.05 Å². The first kappa shape index (κ1) is 15.1. The van der Waals surface area contributed by atoms with E-state index in [0.29, 0.717) is 0 Å². The molecule has 4 nitrogen and oxygen atoms in total. The number of aryl methyl sites for hydroxylation is 1. The van der Waals surface area contributed by atoms with E-state index < -0.39 is 23.0 Å². The van der Waals surface area contributed by atoms with Gasteiger partial charge in [0.25, 0.3) is 0 Å². The molecule has 0 saturated carbocycles. The Morgan fingerprint density at radius 2 is 1.70 bits per heavy atom. The van der Waals surface area contributed by atoms with Gasteiger partial charge in [-0.1, -0.05) is 23.2 Å². The molecule has 1 atom stereocenters. The fraction of sp³-hybridized carbons (Fsp3) is 0.364. The maximum atomic E-state index is 14.7. The molecule has 0 N–H and O–H groups in total. The third-order valence-electron chi connectivity index (χ3n) is 2.89. The highest BCUT2D eigenvalue weighted by atomic mass is 35.5. The van der Waals surface area contributed by atoms with Crippen LogP contribution in [-0.2, 0) is 18.6 Å². The summed E-state index contributed by atoms with van der Waals surface area (Å²) < 4.78 is 44.4. The number of pyridine rings is 1. The number of halogens is 5. The molecule has 0 saturated heterocycles. The van der Waals surface area contributed by atoms with Crippen molar-refractivity contribution in [1.82, 2.24) is 19.7 Å². The van der Waals surface area contributed by atoms with E-state index in [4.69, 9.17) is 23.2 Å². The highest BCUT2D eigenvalue weighted by molar-refractivity contribution is 6.32. The minimum Gasteiger partial charge on any atom is -0.316 e. The van der Waals surface area contributed by atoms with Gasteiger partial charge in [-0.2, -0.15) is 8.78 Å². The van der Waals surface area contributed by atoms with Gasteiger partial charge in [-0.25, -0.2) is 9.37 Å². The fourth-order valence-corrected chi connectivity index (χ4v) is 2.16. The number of alkyl halides is 3. The summed E-state index contributed by atoms with van der Waals surface area (Å²) in [4.78, 5) is 3.60. The van der Waals surface area contributed by atoms with E-state index in [9.17, 15) is 13.2 Å². The molecule has 0 amide bonds. The molecule has 0 radical (unpaired) electrons. The van der Waals surface area contributed by atoms with Crippen LogP contribution in [0.1, 0.15) is 18.3 Å². The summed E-state index contributed by atoms with van der Waals surface area (Å²) in [7, 11) is 1.30. The van der Waals surface area contributed by atoms with E-state index in [1.807, 2.05) is 0 Å². The first-order chi connectivity index (χ1) is 9.16. The number of nitrogens with zero attached hydrogens (tertiary/aromatic N) is 4. The van der Waals surface area contributed by atoms with Crippen LogP contribution in [-0.4, -0.2) is 19.7 Å². The maximum absolute atomic E-state index is 14.7. The second-order valence-electron chi connectivity index (χ2n) is 4.34. The Morgan fingerprint density at radius 3 is 2.15 bits per heavy atom. The number of hydrogen-bond donors (Lipinski definition) is 0. The summed E-state index contributed by atoms with van der Waals surface area (Å²) in [5, 5.41) is 6.25. The third kappa shape index (κ3) is 2.35. The van der Waals surface area contributed by atoms with Crippen molar-refractivity contribution in [3.8, 4) is 0 Å². The minimum absolute atomic E-state index is 0.176. The lowest BCUT2D eigenvalue weighted by Gasteiger charge is -2.29. The Morgan fingerprint density at radius 1 is 1.15 bits per heavy atom. The van der Waals surface area contributed by atoms with Crippen LogP contribution in [0.15, 0.2) is 18.5 Å². The van der Waals surface area contributed by atoms with Crippen molar-refractivity contribution in [3.05, 3.63) is 40.2 Å². The zero-order chi connectivity index (χ0) is 15.1. The Bertz CT molecular complexity index is 622. The van der Waals surface area contributed by atoms with Crippen molar-refractivity contribution in [2.45, 2.75) is 18.5 Å². The Kier molecular flexibility index (Phi) is 3.68. The molecular weight excluding hydrogens is 316 g/mol. The highest BCUT2D eigenvalue weighted by Gasteiger charge is 2.57. The van der Waals surface area contributed by atoms with Gasteiger partial charge in [-0.3, -0.25) is 0 Å². The molecule has 1 unspecified atom stereocenters. The van der Waals surface area contributed by atoms with Crippen LogP contribution in [0.4, 0.5) is 13.2 Å². The summed E-state index contributed by atoms with van der Waals surface area (Å²) in [6.07, 6.45) is 1.06. The van der Waals surface area contributed by atoms with Gasteiger partial charge in [0.05, 0.1) is 0 Å². The summed E-state index contributed by atoms with van der Waals surface area (Å²) in [5.41, 5.74) is -3.47. The molecule has 108 valence electrons. The number of hydrogen-bond acceptors (Lipinski definition) is 3. The van der Waals surface area contributed by atoms with Gasteiger partial charge in [0.2, 0.25) is 11.5 Å². The van der Waals surface area contributed by atoms with Gasteiger partial charge < -0.3 is 4.57 Å². The third-order valence-corrected chi connectivity index (χ3v) is 3.27. The molecule has 2 aromatic rings. The van der Waals surface area contributed by atoms with Crippen LogP contribution in [0.25, 0.3) is 0 Å². The Labute approximate surface area is 122 Å². The van der Waals surface area contributed by atoms with Gasteiger partial charge in [-0.15, -0.1) is 10.2 Å². The first-order valence-corrected chi connectivity index (χ1v) is 6.16. The van der Waals surface area contributed by atoms with E-state index in [1.165, 1.54) is 7.05 Å². The molecule has 0 aliphatic carbocycles. The quantitative estimate of drug-likeness (QED) is 0.812. The second kappa shape index (κ2) is 4.89. The molecule has 2 heterocycles. The van der Waals surface area contributed by atoms with Crippen molar-refractivity contribution >= 4 is 23.2 Å². The summed E-state index contributed by atoms with van der Waals surface area (Å²) in [5.74, 6) is -4.72. The lowest BCUT2D eigenvalue weighted by Crippen LogP contribution is -2.39. The summed E-state index contributed by atoms with van der Waals surface area (Å²) >= 11 is 11.2. The molecule has 0 aliphatic heterocycles. The average Bonchev–Trinajstić information content (AvgIpc) is 2.74. The van der Waals surface area contributed by atoms with E-state index in [0.717, 1.165) is 30.0 Å². The smallest absolute Gasteiger partial charge is 0.316 e. The van der Waals surface area contributed by atoms with Crippen LogP contribution in [0.3, 0.4) is 0 Å². The average molecular weight is 325 g/mol. The molecule has 0 fully saturated rings. The highest BCUT2D eigenvalue weighted by Crippen LogP contribution is 2.47. The van der Waals surface area contributed by atoms with Crippen molar-refractivity contribution in [3.63, 3.8) is 0 Å². The standard InChI is InChI=1S/C11H9Cl2F3N4/c1-10(14,6-3-7(12)18-8(13)4-6)11(15,16)9-19-17-5-20(9)2/h3-5H,1-2H3. The normalized spacial score (nSPS) is 15.2. The minimum atomic E-state index is -3.92. The van der Waals surface area contributed by atoms with Crippen LogP contribution in [0.2, 0.25) is 10.3 Å². The number of aromatic nitrogens is 4. The predicted molar refractivity (Wildman–Crippen MR) is 67.6 cm³/mol. The first-order valence-electron chi connectivity index (χ1n) is 5.41. The van der Waals surface area contributed by atoms with Crippen molar-refractivity contribution in [2.75, 3.05) is 0 Å². The van der Waals surface area contributed by atoms with Crippen LogP contribution in [0.5, 0.6) is 0 Å². The van der Waals surface area contributed by atoms with E-state index >= 15 is 0 Å². The van der Waals surface area contributed by atoms with E-state index in [-0.39, 0.29) is 10.3 Å².